The summed E-state index contributed by atoms with van der Waals surface area (Å²) in [6, 6.07) is 5.44. The molecule has 2 N–H and O–H groups in total. The number of amides is 1. The van der Waals surface area contributed by atoms with E-state index in [2.05, 4.69) is 25.7 Å². The van der Waals surface area contributed by atoms with E-state index in [1.165, 1.54) is 36.2 Å². The molecule has 136 valence electrons. The molecule has 3 heterocycles. The topological polar surface area (TPSA) is 93.4 Å². The minimum Gasteiger partial charge on any atom is -0.408 e. The molecule has 4 rings (SSSR count). The predicted molar refractivity (Wildman–Crippen MR) is 103 cm³/mol. The molecule has 27 heavy (non-hydrogen) atoms. The van der Waals surface area contributed by atoms with Gasteiger partial charge in [-0.3, -0.25) is 10.3 Å². The predicted octanol–water partition coefficient (Wildman–Crippen LogP) is 2.27. The lowest BCUT2D eigenvalue weighted by Crippen LogP contribution is -2.24. The molecule has 1 fully saturated rings. The number of anilines is 2. The van der Waals surface area contributed by atoms with Crippen molar-refractivity contribution in [3.8, 4) is 5.75 Å². The van der Waals surface area contributed by atoms with Gasteiger partial charge in [0, 0.05) is 24.5 Å². The van der Waals surface area contributed by atoms with Gasteiger partial charge < -0.3 is 10.1 Å². The van der Waals surface area contributed by atoms with E-state index in [0.29, 0.717) is 34.5 Å². The molecule has 3 aromatic rings. The smallest absolute Gasteiger partial charge is 0.408 e. The third kappa shape index (κ3) is 4.02. The highest BCUT2D eigenvalue weighted by molar-refractivity contribution is 6.36. The molecule has 1 amide bonds. The summed E-state index contributed by atoms with van der Waals surface area (Å²) < 4.78 is 6.72. The number of rotatable bonds is 4. The van der Waals surface area contributed by atoms with Gasteiger partial charge in [-0.1, -0.05) is 19.3 Å². The molecule has 1 aliphatic carbocycles. The lowest BCUT2D eigenvalue weighted by molar-refractivity contribution is 0.215. The third-order valence-corrected chi connectivity index (χ3v) is 4.53. The van der Waals surface area contributed by atoms with Crippen molar-refractivity contribution in [1.29, 1.82) is 0 Å². The van der Waals surface area contributed by atoms with Crippen LogP contribution in [0.15, 0.2) is 36.8 Å². The van der Waals surface area contributed by atoms with E-state index in [9.17, 15) is 4.79 Å². The number of fused-ring (bicyclic) bond motifs is 1. The van der Waals surface area contributed by atoms with Gasteiger partial charge >= 0.3 is 6.09 Å². The lowest BCUT2D eigenvalue weighted by atomic mass is 9.95. The Labute approximate surface area is 157 Å². The Balaban J connectivity index is 1.57. The zero-order chi connectivity index (χ0) is 18.6. The Morgan fingerprint density at radius 2 is 2.11 bits per heavy atom. The number of pyridine rings is 1. The highest BCUT2D eigenvalue weighted by Crippen LogP contribution is 2.23. The Bertz CT molecular complexity index is 940. The van der Waals surface area contributed by atoms with Crippen molar-refractivity contribution < 1.29 is 9.53 Å². The fourth-order valence-electron chi connectivity index (χ4n) is 3.24. The van der Waals surface area contributed by atoms with Crippen LogP contribution in [0.1, 0.15) is 32.1 Å². The number of hydrogen-bond donors (Lipinski definition) is 2. The number of hydrogen-bond acceptors (Lipinski definition) is 6. The normalized spacial score (nSPS) is 14.8. The number of carbonyl (C=O) groups is 1. The van der Waals surface area contributed by atoms with Crippen LogP contribution in [0.2, 0.25) is 0 Å². The number of ether oxygens (including phenoxy) is 1. The molecule has 0 aromatic carbocycles. The Kier molecular flexibility index (Phi) is 4.91. The van der Waals surface area contributed by atoms with Gasteiger partial charge in [0.25, 0.3) is 0 Å². The minimum atomic E-state index is -0.645. The standard InChI is InChI=1S/C18H19BN6O2/c19-14-11-21-25-16(24-18(26)27-13-7-4-8-20-10-13)9-15(23-17(14)25)22-12-5-2-1-3-6-12/h4,7-12H,1-3,5-6H2,(H,22,23)(H,24,26). The quantitative estimate of drug-likeness (QED) is 0.692. The van der Waals surface area contributed by atoms with E-state index in [4.69, 9.17) is 12.6 Å². The maximum Gasteiger partial charge on any atom is 0.418 e. The maximum atomic E-state index is 12.3. The second-order valence-electron chi connectivity index (χ2n) is 6.54. The first-order valence-electron chi connectivity index (χ1n) is 8.99. The SMILES string of the molecule is [B]c1cnn2c(NC(=O)Oc3cccnc3)cc(NC3CCCCC3)nc12. The first kappa shape index (κ1) is 17.3. The second kappa shape index (κ2) is 7.65. The summed E-state index contributed by atoms with van der Waals surface area (Å²) in [6.07, 6.45) is 9.82. The lowest BCUT2D eigenvalue weighted by Gasteiger charge is -2.23. The van der Waals surface area contributed by atoms with E-state index in [1.54, 1.807) is 24.4 Å². The average Bonchev–Trinajstić information content (AvgIpc) is 3.05. The van der Waals surface area contributed by atoms with E-state index >= 15 is 0 Å². The Morgan fingerprint density at radius 1 is 1.26 bits per heavy atom. The number of nitrogens with one attached hydrogen (secondary N) is 2. The summed E-state index contributed by atoms with van der Waals surface area (Å²) in [5.74, 6) is 1.42. The summed E-state index contributed by atoms with van der Waals surface area (Å²) in [5, 5.41) is 10.3. The molecule has 0 saturated heterocycles. The van der Waals surface area contributed by atoms with Crippen LogP contribution in [0.25, 0.3) is 5.65 Å². The van der Waals surface area contributed by atoms with Crippen LogP contribution in [-0.4, -0.2) is 39.6 Å². The number of aromatic nitrogens is 4. The Hall–Kier alpha value is -3.10. The summed E-state index contributed by atoms with van der Waals surface area (Å²) in [5.41, 5.74) is 0.915. The van der Waals surface area contributed by atoms with Crippen LogP contribution < -0.4 is 20.8 Å². The largest absolute Gasteiger partial charge is 0.418 e. The van der Waals surface area contributed by atoms with Gasteiger partial charge in [-0.05, 0) is 30.4 Å². The van der Waals surface area contributed by atoms with Crippen molar-refractivity contribution in [2.45, 2.75) is 38.1 Å². The van der Waals surface area contributed by atoms with E-state index in [1.807, 2.05) is 0 Å². The highest BCUT2D eigenvalue weighted by Gasteiger charge is 2.17. The molecule has 1 aliphatic rings. The molecule has 2 radical (unpaired) electrons. The molecular weight excluding hydrogens is 343 g/mol. The molecule has 0 bridgehead atoms. The summed E-state index contributed by atoms with van der Waals surface area (Å²) in [4.78, 5) is 20.7. The fourth-order valence-corrected chi connectivity index (χ4v) is 3.24. The molecule has 0 atom stereocenters. The van der Waals surface area contributed by atoms with Gasteiger partial charge in [-0.2, -0.15) is 9.61 Å². The van der Waals surface area contributed by atoms with Crippen LogP contribution in [-0.2, 0) is 0 Å². The fraction of sp³-hybridized carbons (Fsp3) is 0.333. The zero-order valence-electron chi connectivity index (χ0n) is 14.8. The van der Waals surface area contributed by atoms with Crippen molar-refractivity contribution >= 4 is 36.7 Å². The zero-order valence-corrected chi connectivity index (χ0v) is 14.8. The van der Waals surface area contributed by atoms with Crippen molar-refractivity contribution in [3.05, 3.63) is 36.8 Å². The molecule has 8 nitrogen and oxygen atoms in total. The molecule has 0 aliphatic heterocycles. The van der Waals surface area contributed by atoms with Crippen LogP contribution in [0.3, 0.4) is 0 Å². The van der Waals surface area contributed by atoms with Gasteiger partial charge in [-0.15, -0.1) is 0 Å². The first-order valence-corrected chi connectivity index (χ1v) is 8.99. The monoisotopic (exact) mass is 362 g/mol. The minimum absolute atomic E-state index is 0.348. The van der Waals surface area contributed by atoms with Crippen molar-refractivity contribution in [1.82, 2.24) is 19.6 Å². The maximum absolute atomic E-state index is 12.3. The summed E-state index contributed by atoms with van der Waals surface area (Å²) in [6.45, 7) is 0. The molecular formula is C18H19BN6O2. The summed E-state index contributed by atoms with van der Waals surface area (Å²) in [7, 11) is 5.98. The van der Waals surface area contributed by atoms with Gasteiger partial charge in [0.15, 0.2) is 11.4 Å². The first-order chi connectivity index (χ1) is 13.2. The highest BCUT2D eigenvalue weighted by atomic mass is 16.6. The average molecular weight is 362 g/mol. The van der Waals surface area contributed by atoms with Crippen LogP contribution in [0, 0.1) is 0 Å². The van der Waals surface area contributed by atoms with E-state index in [0.717, 1.165) is 12.8 Å². The number of carbonyl (C=O) groups excluding carboxylic acids is 1. The van der Waals surface area contributed by atoms with Gasteiger partial charge in [-0.25, -0.2) is 9.78 Å². The van der Waals surface area contributed by atoms with Crippen LogP contribution >= 0.6 is 0 Å². The molecule has 1 saturated carbocycles. The van der Waals surface area contributed by atoms with Crippen LogP contribution in [0.5, 0.6) is 5.75 Å². The number of nitrogens with zero attached hydrogens (tertiary/aromatic N) is 4. The molecule has 3 aromatic heterocycles. The van der Waals surface area contributed by atoms with Gasteiger partial charge in [0.05, 0.1) is 6.20 Å². The summed E-state index contributed by atoms with van der Waals surface area (Å²) >= 11 is 0. The van der Waals surface area contributed by atoms with Crippen molar-refractivity contribution in [3.63, 3.8) is 0 Å². The van der Waals surface area contributed by atoms with Crippen molar-refractivity contribution in [2.24, 2.45) is 0 Å². The molecule has 9 heteroatoms. The Morgan fingerprint density at radius 3 is 2.89 bits per heavy atom. The van der Waals surface area contributed by atoms with E-state index in [-0.39, 0.29) is 0 Å². The van der Waals surface area contributed by atoms with E-state index < -0.39 is 6.09 Å². The third-order valence-electron chi connectivity index (χ3n) is 4.53. The van der Waals surface area contributed by atoms with Gasteiger partial charge in [0.2, 0.25) is 0 Å². The molecule has 0 spiro atoms. The van der Waals surface area contributed by atoms with Gasteiger partial charge in [0.1, 0.15) is 19.5 Å². The molecule has 0 unspecified atom stereocenters. The van der Waals surface area contributed by atoms with Crippen LogP contribution in [0.4, 0.5) is 16.4 Å². The second-order valence-corrected chi connectivity index (χ2v) is 6.54. The van der Waals surface area contributed by atoms with Crippen molar-refractivity contribution in [2.75, 3.05) is 10.6 Å².